The van der Waals surface area contributed by atoms with Crippen LogP contribution < -0.4 is 0 Å². The first-order valence-corrected chi connectivity index (χ1v) is 8.41. The fourth-order valence-corrected chi connectivity index (χ4v) is 3.75. The van der Waals surface area contributed by atoms with Gasteiger partial charge in [-0.1, -0.05) is 36.4 Å². The number of aryl methyl sites for hydroxylation is 1. The van der Waals surface area contributed by atoms with E-state index < -0.39 is 0 Å². The molecule has 3 aromatic rings. The molecule has 118 valence electrons. The van der Waals surface area contributed by atoms with E-state index in [1.807, 2.05) is 49.5 Å². The molecule has 0 radical (unpaired) electrons. The first kappa shape index (κ1) is 15.6. The van der Waals surface area contributed by atoms with Crippen molar-refractivity contribution in [1.29, 1.82) is 0 Å². The average molecular weight is 324 g/mol. The lowest BCUT2D eigenvalue weighted by Crippen LogP contribution is -2.28. The van der Waals surface area contributed by atoms with Crippen molar-refractivity contribution in [2.75, 3.05) is 7.05 Å². The highest BCUT2D eigenvalue weighted by Gasteiger charge is 2.19. The number of benzene rings is 1. The third-order valence-electron chi connectivity index (χ3n) is 3.85. The predicted molar refractivity (Wildman–Crippen MR) is 97.0 cm³/mol. The summed E-state index contributed by atoms with van der Waals surface area (Å²) < 4.78 is 3.20. The summed E-state index contributed by atoms with van der Waals surface area (Å²) in [5.41, 5.74) is 2.97. The van der Waals surface area contributed by atoms with Crippen LogP contribution in [-0.2, 0) is 13.1 Å². The Balaban J connectivity index is 1.92. The maximum absolute atomic E-state index is 12.9. The van der Waals surface area contributed by atoms with E-state index in [1.165, 1.54) is 4.88 Å². The SMILES string of the molecule is C=CCn1c(C(=O)N(C)Cc2ccccc2)cc2sc(C)cc21. The number of allylic oxidation sites excluding steroid dienone is 1. The monoisotopic (exact) mass is 324 g/mol. The Morgan fingerprint density at radius 1 is 1.30 bits per heavy atom. The summed E-state index contributed by atoms with van der Waals surface area (Å²) in [4.78, 5) is 15.9. The fourth-order valence-electron chi connectivity index (χ4n) is 2.79. The molecule has 1 amide bonds. The molecule has 0 spiro atoms. The Morgan fingerprint density at radius 3 is 2.74 bits per heavy atom. The number of nitrogens with zero attached hydrogens (tertiary/aromatic N) is 2. The normalized spacial score (nSPS) is 10.9. The number of fused-ring (bicyclic) bond motifs is 1. The van der Waals surface area contributed by atoms with Gasteiger partial charge in [-0.05, 0) is 24.6 Å². The predicted octanol–water partition coefficient (Wildman–Crippen LogP) is 4.47. The van der Waals surface area contributed by atoms with E-state index >= 15 is 0 Å². The minimum absolute atomic E-state index is 0.0387. The van der Waals surface area contributed by atoms with Crippen molar-refractivity contribution in [3.63, 3.8) is 0 Å². The zero-order valence-electron chi connectivity index (χ0n) is 13.5. The summed E-state index contributed by atoms with van der Waals surface area (Å²) >= 11 is 1.72. The molecule has 0 bridgehead atoms. The summed E-state index contributed by atoms with van der Waals surface area (Å²) in [6.07, 6.45) is 1.83. The number of rotatable bonds is 5. The van der Waals surface area contributed by atoms with Gasteiger partial charge in [0.05, 0.1) is 10.2 Å². The first-order valence-electron chi connectivity index (χ1n) is 7.60. The van der Waals surface area contributed by atoms with Gasteiger partial charge < -0.3 is 9.47 Å². The summed E-state index contributed by atoms with van der Waals surface area (Å²) in [6.45, 7) is 7.15. The molecular weight excluding hydrogens is 304 g/mol. The van der Waals surface area contributed by atoms with Crippen LogP contribution in [0.5, 0.6) is 0 Å². The van der Waals surface area contributed by atoms with E-state index in [0.717, 1.165) is 21.5 Å². The van der Waals surface area contributed by atoms with Crippen LogP contribution in [0.25, 0.3) is 10.2 Å². The summed E-state index contributed by atoms with van der Waals surface area (Å²) in [5, 5.41) is 0. The van der Waals surface area contributed by atoms with Crippen LogP contribution in [-0.4, -0.2) is 22.4 Å². The molecule has 4 heteroatoms. The standard InChI is InChI=1S/C19H20N2OS/c1-4-10-21-16-11-14(2)23-18(16)12-17(21)19(22)20(3)13-15-8-6-5-7-9-15/h4-9,11-12H,1,10,13H2,2-3H3. The van der Waals surface area contributed by atoms with Crippen molar-refractivity contribution in [2.45, 2.75) is 20.0 Å². The van der Waals surface area contributed by atoms with Gasteiger partial charge in [-0.3, -0.25) is 4.79 Å². The lowest BCUT2D eigenvalue weighted by molar-refractivity contribution is 0.0775. The van der Waals surface area contributed by atoms with Gasteiger partial charge in [-0.25, -0.2) is 0 Å². The molecule has 2 aromatic heterocycles. The van der Waals surface area contributed by atoms with Crippen LogP contribution in [0.2, 0.25) is 0 Å². The Labute approximate surface area is 140 Å². The first-order chi connectivity index (χ1) is 11.1. The number of thiophene rings is 1. The van der Waals surface area contributed by atoms with E-state index in [0.29, 0.717) is 13.1 Å². The molecule has 0 saturated carbocycles. The minimum Gasteiger partial charge on any atom is -0.336 e. The molecule has 0 aliphatic heterocycles. The van der Waals surface area contributed by atoms with Crippen LogP contribution in [0.1, 0.15) is 20.9 Å². The highest BCUT2D eigenvalue weighted by atomic mass is 32.1. The Hall–Kier alpha value is -2.33. The third-order valence-corrected chi connectivity index (χ3v) is 4.84. The zero-order chi connectivity index (χ0) is 16.4. The molecule has 1 aromatic carbocycles. The van der Waals surface area contributed by atoms with Gasteiger partial charge in [0.2, 0.25) is 0 Å². The van der Waals surface area contributed by atoms with Crippen molar-refractivity contribution in [2.24, 2.45) is 0 Å². The lowest BCUT2D eigenvalue weighted by Gasteiger charge is -2.18. The summed E-state index contributed by atoms with van der Waals surface area (Å²) in [6, 6.07) is 14.2. The van der Waals surface area contributed by atoms with Gasteiger partial charge in [-0.2, -0.15) is 0 Å². The molecule has 0 saturated heterocycles. The number of hydrogen-bond acceptors (Lipinski definition) is 2. The number of aromatic nitrogens is 1. The van der Waals surface area contributed by atoms with Gasteiger partial charge >= 0.3 is 0 Å². The second kappa shape index (κ2) is 6.42. The number of carbonyl (C=O) groups excluding carboxylic acids is 1. The topological polar surface area (TPSA) is 25.2 Å². The van der Waals surface area contributed by atoms with E-state index in [1.54, 1.807) is 16.2 Å². The molecule has 23 heavy (non-hydrogen) atoms. The molecule has 2 heterocycles. The quantitative estimate of drug-likeness (QED) is 0.636. The number of hydrogen-bond donors (Lipinski definition) is 0. The van der Waals surface area contributed by atoms with E-state index in [2.05, 4.69) is 24.1 Å². The van der Waals surface area contributed by atoms with Crippen LogP contribution in [0, 0.1) is 6.92 Å². The van der Waals surface area contributed by atoms with Gasteiger partial charge in [0, 0.05) is 25.0 Å². The van der Waals surface area contributed by atoms with Crippen molar-refractivity contribution >= 4 is 27.5 Å². The average Bonchev–Trinajstić information content (AvgIpc) is 3.05. The van der Waals surface area contributed by atoms with E-state index in [-0.39, 0.29) is 5.91 Å². The van der Waals surface area contributed by atoms with Gasteiger partial charge in [0.1, 0.15) is 5.69 Å². The van der Waals surface area contributed by atoms with Crippen LogP contribution in [0.4, 0.5) is 0 Å². The highest BCUT2D eigenvalue weighted by molar-refractivity contribution is 7.19. The Bertz CT molecular complexity index is 845. The van der Waals surface area contributed by atoms with Crippen molar-refractivity contribution in [3.05, 3.63) is 71.3 Å². The van der Waals surface area contributed by atoms with Crippen LogP contribution in [0.3, 0.4) is 0 Å². The van der Waals surface area contributed by atoms with Crippen molar-refractivity contribution in [1.82, 2.24) is 9.47 Å². The lowest BCUT2D eigenvalue weighted by atomic mass is 10.2. The Morgan fingerprint density at radius 2 is 2.04 bits per heavy atom. The van der Waals surface area contributed by atoms with E-state index in [4.69, 9.17) is 0 Å². The molecule has 0 unspecified atom stereocenters. The third kappa shape index (κ3) is 3.08. The largest absolute Gasteiger partial charge is 0.336 e. The molecule has 0 aliphatic rings. The van der Waals surface area contributed by atoms with Crippen LogP contribution in [0.15, 0.2) is 55.1 Å². The molecule has 0 aliphatic carbocycles. The minimum atomic E-state index is 0.0387. The molecule has 3 nitrogen and oxygen atoms in total. The molecule has 0 atom stereocenters. The molecule has 0 fully saturated rings. The maximum Gasteiger partial charge on any atom is 0.270 e. The molecular formula is C19H20N2OS. The zero-order valence-corrected chi connectivity index (χ0v) is 14.3. The van der Waals surface area contributed by atoms with Crippen molar-refractivity contribution < 1.29 is 4.79 Å². The second-order valence-electron chi connectivity index (χ2n) is 5.68. The van der Waals surface area contributed by atoms with Crippen LogP contribution >= 0.6 is 11.3 Å². The van der Waals surface area contributed by atoms with Gasteiger partial charge in [0.25, 0.3) is 5.91 Å². The maximum atomic E-state index is 12.9. The molecule has 3 rings (SSSR count). The summed E-state index contributed by atoms with van der Waals surface area (Å²) in [5.74, 6) is 0.0387. The number of amides is 1. The second-order valence-corrected chi connectivity index (χ2v) is 6.97. The van der Waals surface area contributed by atoms with Crippen molar-refractivity contribution in [3.8, 4) is 0 Å². The van der Waals surface area contributed by atoms with Gasteiger partial charge in [0.15, 0.2) is 0 Å². The highest BCUT2D eigenvalue weighted by Crippen LogP contribution is 2.29. The number of carbonyl (C=O) groups is 1. The fraction of sp³-hybridized carbons (Fsp3) is 0.211. The van der Waals surface area contributed by atoms with Gasteiger partial charge in [-0.15, -0.1) is 17.9 Å². The van der Waals surface area contributed by atoms with E-state index in [9.17, 15) is 4.79 Å². The summed E-state index contributed by atoms with van der Waals surface area (Å²) in [7, 11) is 1.85. The molecule has 0 N–H and O–H groups in total. The Kier molecular flexibility index (Phi) is 4.35. The smallest absolute Gasteiger partial charge is 0.270 e.